The fourth-order valence-electron chi connectivity index (χ4n) is 2.41. The number of aryl methyl sites for hydroxylation is 1. The van der Waals surface area contributed by atoms with Crippen LogP contribution < -0.4 is 11.1 Å². The van der Waals surface area contributed by atoms with Gasteiger partial charge in [-0.05, 0) is 25.9 Å². The van der Waals surface area contributed by atoms with Gasteiger partial charge in [0, 0.05) is 18.7 Å². The molecule has 0 aliphatic carbocycles. The lowest BCUT2D eigenvalue weighted by atomic mass is 10.0. The van der Waals surface area contributed by atoms with Crippen molar-refractivity contribution in [2.75, 3.05) is 19.6 Å². The first-order valence-corrected chi connectivity index (χ1v) is 6.79. The molecule has 2 amide bonds. The van der Waals surface area contributed by atoms with E-state index >= 15 is 0 Å². The summed E-state index contributed by atoms with van der Waals surface area (Å²) in [5, 5.41) is 10.7. The molecule has 0 spiro atoms. The molecular formula is C12H20N6O2. The van der Waals surface area contributed by atoms with Crippen LogP contribution in [0.25, 0.3) is 0 Å². The number of nitrogens with two attached hydrogens (primary N) is 1. The maximum absolute atomic E-state index is 12.3. The number of aromatic nitrogens is 3. The molecule has 0 atom stereocenters. The van der Waals surface area contributed by atoms with Gasteiger partial charge in [-0.2, -0.15) is 0 Å². The maximum Gasteiger partial charge on any atom is 0.237 e. The molecule has 0 bridgehead atoms. The highest BCUT2D eigenvalue weighted by atomic mass is 16.2. The number of piperidine rings is 1. The van der Waals surface area contributed by atoms with Gasteiger partial charge in [-0.25, -0.2) is 0 Å². The van der Waals surface area contributed by atoms with E-state index in [-0.39, 0.29) is 18.5 Å². The van der Waals surface area contributed by atoms with Crippen molar-refractivity contribution in [1.82, 2.24) is 25.2 Å². The minimum absolute atomic E-state index is 0.0130. The third-order valence-electron chi connectivity index (χ3n) is 3.42. The van der Waals surface area contributed by atoms with Crippen LogP contribution in [0.1, 0.15) is 19.3 Å². The molecule has 110 valence electrons. The maximum atomic E-state index is 12.3. The van der Waals surface area contributed by atoms with Crippen molar-refractivity contribution in [2.24, 2.45) is 5.73 Å². The quantitative estimate of drug-likeness (QED) is 0.676. The highest BCUT2D eigenvalue weighted by Gasteiger charge is 2.26. The largest absolute Gasteiger partial charge is 0.368 e. The number of nitrogens with zero attached hydrogens (tertiary/aromatic N) is 4. The number of rotatable bonds is 6. The summed E-state index contributed by atoms with van der Waals surface area (Å²) in [6, 6.07) is 0.0898. The molecule has 0 radical (unpaired) electrons. The van der Waals surface area contributed by atoms with Crippen LogP contribution in [0.15, 0.2) is 12.4 Å². The average Bonchev–Trinajstić information content (AvgIpc) is 2.96. The summed E-state index contributed by atoms with van der Waals surface area (Å²) in [7, 11) is 0. The van der Waals surface area contributed by atoms with Crippen molar-refractivity contribution >= 4 is 11.8 Å². The molecule has 1 aliphatic heterocycles. The molecule has 0 unspecified atom stereocenters. The van der Waals surface area contributed by atoms with E-state index in [0.29, 0.717) is 13.0 Å². The summed E-state index contributed by atoms with van der Waals surface area (Å²) < 4.78 is 1.60. The van der Waals surface area contributed by atoms with Gasteiger partial charge < -0.3 is 16.0 Å². The molecule has 1 saturated heterocycles. The van der Waals surface area contributed by atoms with E-state index in [4.69, 9.17) is 5.73 Å². The Kier molecular flexibility index (Phi) is 5.05. The Hall–Kier alpha value is -1.96. The lowest BCUT2D eigenvalue weighted by Gasteiger charge is -2.34. The molecule has 1 aromatic rings. The van der Waals surface area contributed by atoms with E-state index in [9.17, 15) is 9.59 Å². The van der Waals surface area contributed by atoms with Crippen LogP contribution in [0.3, 0.4) is 0 Å². The van der Waals surface area contributed by atoms with Crippen molar-refractivity contribution in [2.45, 2.75) is 31.8 Å². The van der Waals surface area contributed by atoms with Crippen LogP contribution in [0.4, 0.5) is 0 Å². The summed E-state index contributed by atoms with van der Waals surface area (Å²) in [4.78, 5) is 25.1. The summed E-state index contributed by atoms with van der Waals surface area (Å²) in [5.74, 6) is -0.538. The Labute approximate surface area is 117 Å². The van der Waals surface area contributed by atoms with E-state index in [0.717, 1.165) is 25.9 Å². The molecule has 8 heteroatoms. The number of hydrogen-bond donors (Lipinski definition) is 2. The SMILES string of the molecule is NC(=O)CN(C(=O)CCn1ccnn1)C1CCNCC1. The highest BCUT2D eigenvalue weighted by molar-refractivity contribution is 5.84. The van der Waals surface area contributed by atoms with Gasteiger partial charge in [0.05, 0.1) is 19.3 Å². The Bertz CT molecular complexity index is 441. The van der Waals surface area contributed by atoms with Gasteiger partial charge in [0.25, 0.3) is 0 Å². The smallest absolute Gasteiger partial charge is 0.237 e. The van der Waals surface area contributed by atoms with Crippen LogP contribution in [0.5, 0.6) is 0 Å². The molecule has 0 saturated carbocycles. The third kappa shape index (κ3) is 4.02. The van der Waals surface area contributed by atoms with E-state index in [1.54, 1.807) is 22.0 Å². The number of primary amides is 1. The number of amides is 2. The van der Waals surface area contributed by atoms with Crippen LogP contribution in [-0.4, -0.2) is 57.4 Å². The van der Waals surface area contributed by atoms with E-state index in [1.807, 2.05) is 0 Å². The van der Waals surface area contributed by atoms with Gasteiger partial charge in [-0.3, -0.25) is 14.3 Å². The fraction of sp³-hybridized carbons (Fsp3) is 0.667. The van der Waals surface area contributed by atoms with Crippen molar-refractivity contribution in [3.8, 4) is 0 Å². The monoisotopic (exact) mass is 280 g/mol. The van der Waals surface area contributed by atoms with Gasteiger partial charge in [-0.1, -0.05) is 5.21 Å². The normalized spacial score (nSPS) is 16.0. The molecule has 20 heavy (non-hydrogen) atoms. The zero-order valence-electron chi connectivity index (χ0n) is 11.4. The van der Waals surface area contributed by atoms with Crippen molar-refractivity contribution in [3.05, 3.63) is 12.4 Å². The van der Waals surface area contributed by atoms with Gasteiger partial charge in [0.1, 0.15) is 0 Å². The minimum atomic E-state index is -0.474. The van der Waals surface area contributed by atoms with Crippen LogP contribution in [0.2, 0.25) is 0 Å². The van der Waals surface area contributed by atoms with Gasteiger partial charge in [-0.15, -0.1) is 5.10 Å². The molecule has 1 aliphatic rings. The zero-order valence-corrected chi connectivity index (χ0v) is 11.4. The second kappa shape index (κ2) is 6.99. The standard InChI is InChI=1S/C12H20N6O2/c13-11(19)9-18(10-1-4-14-5-2-10)12(20)3-7-17-8-6-15-16-17/h6,8,10,14H,1-5,7,9H2,(H2,13,19). The summed E-state index contributed by atoms with van der Waals surface area (Å²) in [6.45, 7) is 2.16. The first-order valence-electron chi connectivity index (χ1n) is 6.79. The third-order valence-corrected chi connectivity index (χ3v) is 3.42. The van der Waals surface area contributed by atoms with Crippen LogP contribution >= 0.6 is 0 Å². The van der Waals surface area contributed by atoms with E-state index < -0.39 is 5.91 Å². The number of hydrogen-bond acceptors (Lipinski definition) is 5. The molecular weight excluding hydrogens is 260 g/mol. The fourth-order valence-corrected chi connectivity index (χ4v) is 2.41. The summed E-state index contributed by atoms with van der Waals surface area (Å²) in [6.07, 6.45) is 5.26. The zero-order chi connectivity index (χ0) is 14.4. The Morgan fingerprint density at radius 3 is 2.75 bits per heavy atom. The molecule has 2 heterocycles. The van der Waals surface area contributed by atoms with E-state index in [1.165, 1.54) is 0 Å². The van der Waals surface area contributed by atoms with Gasteiger partial charge in [0.15, 0.2) is 0 Å². The Morgan fingerprint density at radius 1 is 1.40 bits per heavy atom. The predicted octanol–water partition coefficient (Wildman–Crippen LogP) is -1.27. The van der Waals surface area contributed by atoms with E-state index in [2.05, 4.69) is 15.6 Å². The topological polar surface area (TPSA) is 106 Å². The molecule has 0 aromatic carbocycles. The van der Waals surface area contributed by atoms with Crippen molar-refractivity contribution in [1.29, 1.82) is 0 Å². The molecule has 1 aromatic heterocycles. The average molecular weight is 280 g/mol. The number of carbonyl (C=O) groups excluding carboxylic acids is 2. The number of nitrogens with one attached hydrogen (secondary N) is 1. The van der Waals surface area contributed by atoms with Crippen LogP contribution in [0, 0.1) is 0 Å². The Morgan fingerprint density at radius 2 is 2.15 bits per heavy atom. The summed E-state index contributed by atoms with van der Waals surface area (Å²) in [5.41, 5.74) is 5.25. The van der Waals surface area contributed by atoms with Crippen molar-refractivity contribution < 1.29 is 9.59 Å². The second-order valence-corrected chi connectivity index (χ2v) is 4.89. The lowest BCUT2D eigenvalue weighted by molar-refractivity contribution is -0.138. The lowest BCUT2D eigenvalue weighted by Crippen LogP contribution is -2.49. The van der Waals surface area contributed by atoms with Crippen LogP contribution in [-0.2, 0) is 16.1 Å². The first kappa shape index (κ1) is 14.4. The highest BCUT2D eigenvalue weighted by Crippen LogP contribution is 2.13. The first-order chi connectivity index (χ1) is 9.66. The minimum Gasteiger partial charge on any atom is -0.368 e. The van der Waals surface area contributed by atoms with Gasteiger partial charge in [0.2, 0.25) is 11.8 Å². The molecule has 3 N–H and O–H groups in total. The Balaban J connectivity index is 1.93. The second-order valence-electron chi connectivity index (χ2n) is 4.89. The molecule has 8 nitrogen and oxygen atoms in total. The van der Waals surface area contributed by atoms with Gasteiger partial charge >= 0.3 is 0 Å². The van der Waals surface area contributed by atoms with Crippen molar-refractivity contribution in [3.63, 3.8) is 0 Å². The predicted molar refractivity (Wildman–Crippen MR) is 71.4 cm³/mol. The molecule has 1 fully saturated rings. The molecule has 2 rings (SSSR count). The summed E-state index contributed by atoms with van der Waals surface area (Å²) >= 11 is 0. The number of carbonyl (C=O) groups is 2.